The van der Waals surface area contributed by atoms with Gasteiger partial charge in [-0.05, 0) is 72.5 Å². The number of halogens is 1. The van der Waals surface area contributed by atoms with Crippen LogP contribution in [-0.4, -0.2) is 41.3 Å². The van der Waals surface area contributed by atoms with Crippen LogP contribution in [0.1, 0.15) is 18.4 Å². The Labute approximate surface area is 274 Å². The van der Waals surface area contributed by atoms with Crippen LogP contribution in [0.3, 0.4) is 0 Å². The zero-order chi connectivity index (χ0) is 32.1. The molecule has 1 aliphatic rings. The maximum Gasteiger partial charge on any atom is 0.319 e. The molecule has 3 aromatic carbocycles. The van der Waals surface area contributed by atoms with Gasteiger partial charge in [-0.3, -0.25) is 0 Å². The number of nitrogens with zero attached hydrogens (tertiary/aromatic N) is 3. The van der Waals surface area contributed by atoms with Gasteiger partial charge < -0.3 is 29.4 Å². The number of ether oxygens (including phenoxy) is 3. The first kappa shape index (κ1) is 31.6. The fraction of sp³-hybridized carbons (Fsp3) is 0.286. The van der Waals surface area contributed by atoms with Crippen molar-refractivity contribution in [2.24, 2.45) is 0 Å². The Hall–Kier alpha value is -4.38. The molecule has 1 saturated carbocycles. The number of hydrogen-bond acceptors (Lipinski definition) is 6. The lowest BCUT2D eigenvalue weighted by molar-refractivity contribution is 0.0909. The molecule has 2 N–H and O–H groups in total. The van der Waals surface area contributed by atoms with E-state index in [-0.39, 0.29) is 12.1 Å². The lowest BCUT2D eigenvalue weighted by Crippen LogP contribution is -2.30. The highest BCUT2D eigenvalue weighted by atomic mass is 35.5. The van der Waals surface area contributed by atoms with Crippen LogP contribution in [0.15, 0.2) is 85.2 Å². The van der Waals surface area contributed by atoms with E-state index in [0.717, 1.165) is 46.8 Å². The second kappa shape index (κ2) is 13.9. The first-order valence-electron chi connectivity index (χ1n) is 15.5. The number of carbonyl (C=O) groups excluding carboxylic acids is 1. The molecule has 0 radical (unpaired) electrons. The second-order valence-corrected chi connectivity index (χ2v) is 18.7. The standard InChI is InChI=1S/C35H38ClN5O4Si/c1-46(2,3)18-17-43-23-41-32(25-9-13-27(14-10-25)44-21-24-7-5-4-6-8-24)20-29-33(41)37-22-38-34(29)45-28-15-16-31(30(36)19-28)40-35(42)39-26-11-12-26/h4-10,13-16,19-20,22,26H,11-12,17-18,21,23H2,1-3H3,(H2,39,40,42). The molecule has 0 unspecified atom stereocenters. The van der Waals surface area contributed by atoms with E-state index < -0.39 is 8.07 Å². The normalized spacial score (nSPS) is 13.0. The molecule has 238 valence electrons. The van der Waals surface area contributed by atoms with E-state index in [1.54, 1.807) is 18.2 Å². The predicted molar refractivity (Wildman–Crippen MR) is 185 cm³/mol. The average Bonchev–Trinajstić information content (AvgIpc) is 3.77. The van der Waals surface area contributed by atoms with Gasteiger partial charge in [0.15, 0.2) is 0 Å². The van der Waals surface area contributed by atoms with Crippen LogP contribution in [0.2, 0.25) is 30.7 Å². The van der Waals surface area contributed by atoms with E-state index in [4.69, 9.17) is 25.8 Å². The van der Waals surface area contributed by atoms with Crippen LogP contribution in [0.4, 0.5) is 10.5 Å². The fourth-order valence-electron chi connectivity index (χ4n) is 4.83. The largest absolute Gasteiger partial charge is 0.489 e. The second-order valence-electron chi connectivity index (χ2n) is 12.6. The van der Waals surface area contributed by atoms with Crippen molar-refractivity contribution >= 4 is 42.4 Å². The summed E-state index contributed by atoms with van der Waals surface area (Å²) in [6.07, 6.45) is 3.49. The molecule has 0 spiro atoms. The number of rotatable bonds is 13. The molecule has 5 aromatic rings. The topological polar surface area (TPSA) is 99.5 Å². The summed E-state index contributed by atoms with van der Waals surface area (Å²) in [7, 11) is -1.26. The smallest absolute Gasteiger partial charge is 0.319 e. The van der Waals surface area contributed by atoms with Crippen LogP contribution in [0.25, 0.3) is 22.3 Å². The third-order valence-corrected chi connectivity index (χ3v) is 9.60. The fourth-order valence-corrected chi connectivity index (χ4v) is 5.81. The lowest BCUT2D eigenvalue weighted by Gasteiger charge is -2.17. The molecule has 0 saturated heterocycles. The maximum atomic E-state index is 12.2. The van der Waals surface area contributed by atoms with Gasteiger partial charge in [0.2, 0.25) is 5.88 Å². The number of fused-ring (bicyclic) bond motifs is 1. The highest BCUT2D eigenvalue weighted by molar-refractivity contribution is 6.76. The van der Waals surface area contributed by atoms with Gasteiger partial charge in [-0.15, -0.1) is 0 Å². The molecule has 2 heterocycles. The summed E-state index contributed by atoms with van der Waals surface area (Å²) in [5, 5.41) is 6.78. The van der Waals surface area contributed by atoms with Crippen molar-refractivity contribution in [2.75, 3.05) is 11.9 Å². The first-order valence-corrected chi connectivity index (χ1v) is 19.5. The number of nitrogens with one attached hydrogen (secondary N) is 2. The number of aromatic nitrogens is 3. The highest BCUT2D eigenvalue weighted by Gasteiger charge is 2.23. The Morgan fingerprint density at radius 1 is 0.978 bits per heavy atom. The van der Waals surface area contributed by atoms with E-state index in [0.29, 0.717) is 47.9 Å². The first-order chi connectivity index (χ1) is 22.2. The summed E-state index contributed by atoms with van der Waals surface area (Å²) >= 11 is 6.51. The molecular weight excluding hydrogens is 618 g/mol. The Bertz CT molecular complexity index is 1800. The van der Waals surface area contributed by atoms with Crippen molar-refractivity contribution < 1.29 is 19.0 Å². The minimum atomic E-state index is -1.26. The number of benzene rings is 3. The predicted octanol–water partition coefficient (Wildman–Crippen LogP) is 8.72. The third-order valence-electron chi connectivity index (χ3n) is 7.58. The molecule has 1 aliphatic carbocycles. The molecule has 6 rings (SSSR count). The minimum absolute atomic E-state index is 0.246. The quantitative estimate of drug-likeness (QED) is 0.0972. The van der Waals surface area contributed by atoms with Crippen LogP contribution < -0.4 is 20.1 Å². The summed E-state index contributed by atoms with van der Waals surface area (Å²) in [6, 6.07) is 26.3. The molecule has 1 fully saturated rings. The molecule has 0 bridgehead atoms. The lowest BCUT2D eigenvalue weighted by atomic mass is 10.1. The number of anilines is 1. The van der Waals surface area contributed by atoms with Crippen molar-refractivity contribution in [3.8, 4) is 28.6 Å². The van der Waals surface area contributed by atoms with Crippen molar-refractivity contribution in [2.45, 2.75) is 57.9 Å². The maximum absolute atomic E-state index is 12.2. The molecule has 46 heavy (non-hydrogen) atoms. The van der Waals surface area contributed by atoms with Gasteiger partial charge >= 0.3 is 6.03 Å². The van der Waals surface area contributed by atoms with Gasteiger partial charge in [0.05, 0.1) is 21.8 Å². The van der Waals surface area contributed by atoms with Gasteiger partial charge in [-0.1, -0.05) is 61.6 Å². The van der Waals surface area contributed by atoms with Crippen LogP contribution in [0, 0.1) is 0 Å². The Balaban J connectivity index is 1.25. The SMILES string of the molecule is C[Si](C)(C)CCOCn1c(-c2ccc(OCc3ccccc3)cc2)cc2c(Oc3ccc(NC(=O)NC4CC4)c(Cl)c3)ncnc21. The van der Waals surface area contributed by atoms with Gasteiger partial charge in [0.1, 0.15) is 36.8 Å². The molecule has 11 heteroatoms. The van der Waals surface area contributed by atoms with Crippen LogP contribution >= 0.6 is 11.6 Å². The highest BCUT2D eigenvalue weighted by Crippen LogP contribution is 2.36. The van der Waals surface area contributed by atoms with Crippen molar-refractivity contribution in [1.82, 2.24) is 19.9 Å². The zero-order valence-corrected chi connectivity index (χ0v) is 28.0. The third kappa shape index (κ3) is 8.25. The molecule has 0 aliphatic heterocycles. The summed E-state index contributed by atoms with van der Waals surface area (Å²) in [6.45, 7) is 8.51. The molecule has 2 amide bonds. The van der Waals surface area contributed by atoms with E-state index in [1.165, 1.54) is 6.33 Å². The summed E-state index contributed by atoms with van der Waals surface area (Å²) in [5.41, 5.74) is 4.20. The average molecular weight is 656 g/mol. The molecule has 0 atom stereocenters. The molecule has 9 nitrogen and oxygen atoms in total. The van der Waals surface area contributed by atoms with Crippen LogP contribution in [0.5, 0.6) is 17.4 Å². The number of carbonyl (C=O) groups is 1. The van der Waals surface area contributed by atoms with Gasteiger partial charge in [0, 0.05) is 26.8 Å². The Morgan fingerprint density at radius 2 is 1.74 bits per heavy atom. The van der Waals surface area contributed by atoms with E-state index in [2.05, 4.69) is 40.2 Å². The number of urea groups is 1. The van der Waals surface area contributed by atoms with Crippen LogP contribution in [-0.2, 0) is 18.1 Å². The van der Waals surface area contributed by atoms with Gasteiger partial charge in [0.25, 0.3) is 0 Å². The van der Waals surface area contributed by atoms with Crippen molar-refractivity contribution in [3.63, 3.8) is 0 Å². The number of amides is 2. The summed E-state index contributed by atoms with van der Waals surface area (Å²) < 4.78 is 20.5. The van der Waals surface area contributed by atoms with E-state index >= 15 is 0 Å². The zero-order valence-electron chi connectivity index (χ0n) is 26.3. The molecular formula is C35H38ClN5O4Si. The minimum Gasteiger partial charge on any atom is -0.489 e. The molecule has 2 aromatic heterocycles. The Kier molecular flexibility index (Phi) is 9.58. The number of hydrogen-bond donors (Lipinski definition) is 2. The van der Waals surface area contributed by atoms with E-state index in [9.17, 15) is 4.79 Å². The Morgan fingerprint density at radius 3 is 2.46 bits per heavy atom. The monoisotopic (exact) mass is 655 g/mol. The van der Waals surface area contributed by atoms with Gasteiger partial charge in [-0.25, -0.2) is 14.8 Å². The van der Waals surface area contributed by atoms with Crippen molar-refractivity contribution in [3.05, 3.63) is 95.8 Å². The summed E-state index contributed by atoms with van der Waals surface area (Å²) in [4.78, 5) is 21.3. The van der Waals surface area contributed by atoms with E-state index in [1.807, 2.05) is 65.2 Å². The van der Waals surface area contributed by atoms with Gasteiger partial charge in [-0.2, -0.15) is 0 Å². The van der Waals surface area contributed by atoms with Crippen molar-refractivity contribution in [1.29, 1.82) is 0 Å². The summed E-state index contributed by atoms with van der Waals surface area (Å²) in [5.74, 6) is 1.65.